The molecule has 1 heteroatoms. The number of alkyl halides is 1. The molecule has 0 spiro atoms. The van der Waals surface area contributed by atoms with Crippen molar-refractivity contribution < 1.29 is 0 Å². The second kappa shape index (κ2) is 12.2. The topological polar surface area (TPSA) is 0 Å². The van der Waals surface area contributed by atoms with Crippen molar-refractivity contribution in [3.8, 4) is 0 Å². The SMILES string of the molecule is CCCCCCCCCCCCC(C)C(C)(Br)CC. The third kappa shape index (κ3) is 10.9. The standard InChI is InChI=1S/C18H37Br/c1-5-7-8-9-10-11-12-13-14-15-16-17(3)18(4,19)6-2/h17H,5-16H2,1-4H3. The third-order valence-electron chi connectivity index (χ3n) is 4.71. The summed E-state index contributed by atoms with van der Waals surface area (Å²) in [6.07, 6.45) is 17.0. The summed E-state index contributed by atoms with van der Waals surface area (Å²) in [7, 11) is 0. The van der Waals surface area contributed by atoms with Gasteiger partial charge in [-0.05, 0) is 25.7 Å². The van der Waals surface area contributed by atoms with Gasteiger partial charge < -0.3 is 0 Å². The van der Waals surface area contributed by atoms with E-state index in [1.807, 2.05) is 0 Å². The highest BCUT2D eigenvalue weighted by Crippen LogP contribution is 2.33. The molecule has 0 amide bonds. The van der Waals surface area contributed by atoms with Gasteiger partial charge in [-0.25, -0.2) is 0 Å². The van der Waals surface area contributed by atoms with Crippen LogP contribution in [0.4, 0.5) is 0 Å². The maximum Gasteiger partial charge on any atom is 0.0252 e. The number of rotatable bonds is 13. The molecular formula is C18H37Br. The van der Waals surface area contributed by atoms with Crippen molar-refractivity contribution in [3.05, 3.63) is 0 Å². The molecule has 19 heavy (non-hydrogen) atoms. The first-order valence-corrected chi connectivity index (χ1v) is 9.52. The molecule has 0 fully saturated rings. The minimum Gasteiger partial charge on any atom is -0.0854 e. The van der Waals surface area contributed by atoms with E-state index in [1.54, 1.807) is 0 Å². The van der Waals surface area contributed by atoms with E-state index in [0.29, 0.717) is 4.32 Å². The molecule has 0 bridgehead atoms. The molecule has 0 aliphatic heterocycles. The molecule has 0 heterocycles. The quantitative estimate of drug-likeness (QED) is 0.242. The van der Waals surface area contributed by atoms with Crippen LogP contribution in [0, 0.1) is 5.92 Å². The van der Waals surface area contributed by atoms with Gasteiger partial charge in [0, 0.05) is 4.32 Å². The van der Waals surface area contributed by atoms with Gasteiger partial charge in [0.2, 0.25) is 0 Å². The molecule has 0 aromatic carbocycles. The lowest BCUT2D eigenvalue weighted by molar-refractivity contribution is 0.385. The molecule has 0 radical (unpaired) electrons. The molecule has 0 nitrogen and oxygen atoms in total. The fraction of sp³-hybridized carbons (Fsp3) is 1.00. The molecule has 0 saturated carbocycles. The van der Waals surface area contributed by atoms with Gasteiger partial charge in [0.15, 0.2) is 0 Å². The van der Waals surface area contributed by atoms with Crippen molar-refractivity contribution in [1.29, 1.82) is 0 Å². The Morgan fingerprint density at radius 2 is 1.21 bits per heavy atom. The van der Waals surface area contributed by atoms with Gasteiger partial charge in [0.05, 0.1) is 0 Å². The summed E-state index contributed by atoms with van der Waals surface area (Å²) < 4.78 is 0.353. The lowest BCUT2D eigenvalue weighted by atomic mass is 9.88. The van der Waals surface area contributed by atoms with Crippen molar-refractivity contribution in [2.24, 2.45) is 5.92 Å². The molecular weight excluding hydrogens is 296 g/mol. The molecule has 2 atom stereocenters. The molecule has 0 aromatic rings. The Bertz CT molecular complexity index is 186. The molecule has 0 aliphatic carbocycles. The Balaban J connectivity index is 3.27. The van der Waals surface area contributed by atoms with E-state index in [4.69, 9.17) is 0 Å². The summed E-state index contributed by atoms with van der Waals surface area (Å²) in [6.45, 7) is 9.31. The summed E-state index contributed by atoms with van der Waals surface area (Å²) in [5.41, 5.74) is 0. The highest BCUT2D eigenvalue weighted by molar-refractivity contribution is 9.10. The van der Waals surface area contributed by atoms with Gasteiger partial charge in [-0.2, -0.15) is 0 Å². The van der Waals surface area contributed by atoms with Crippen LogP contribution >= 0.6 is 15.9 Å². The van der Waals surface area contributed by atoms with Gasteiger partial charge in [0.25, 0.3) is 0 Å². The van der Waals surface area contributed by atoms with Gasteiger partial charge >= 0.3 is 0 Å². The van der Waals surface area contributed by atoms with E-state index in [-0.39, 0.29) is 0 Å². The van der Waals surface area contributed by atoms with Crippen LogP contribution in [0.2, 0.25) is 0 Å². The maximum absolute atomic E-state index is 3.87. The van der Waals surface area contributed by atoms with Crippen LogP contribution in [-0.4, -0.2) is 4.32 Å². The Kier molecular flexibility index (Phi) is 12.5. The number of halogens is 1. The van der Waals surface area contributed by atoms with E-state index < -0.39 is 0 Å². The van der Waals surface area contributed by atoms with Crippen molar-refractivity contribution in [2.45, 2.75) is 109 Å². The normalized spacial score (nSPS) is 16.3. The average molecular weight is 333 g/mol. The number of hydrogen-bond acceptors (Lipinski definition) is 0. The zero-order valence-corrected chi connectivity index (χ0v) is 15.5. The van der Waals surface area contributed by atoms with E-state index in [9.17, 15) is 0 Å². The summed E-state index contributed by atoms with van der Waals surface area (Å²) in [4.78, 5) is 0. The Morgan fingerprint density at radius 3 is 1.63 bits per heavy atom. The fourth-order valence-electron chi connectivity index (χ4n) is 2.59. The molecule has 0 N–H and O–H groups in total. The van der Waals surface area contributed by atoms with E-state index in [2.05, 4.69) is 43.6 Å². The average Bonchev–Trinajstić information content (AvgIpc) is 2.40. The largest absolute Gasteiger partial charge is 0.0854 e. The molecule has 116 valence electrons. The van der Waals surface area contributed by atoms with E-state index in [0.717, 1.165) is 5.92 Å². The van der Waals surface area contributed by atoms with Gasteiger partial charge in [-0.1, -0.05) is 101 Å². The molecule has 0 aromatic heterocycles. The van der Waals surface area contributed by atoms with Crippen LogP contribution in [-0.2, 0) is 0 Å². The maximum atomic E-state index is 3.87. The Hall–Kier alpha value is 0.480. The van der Waals surface area contributed by atoms with Crippen LogP contribution in [0.5, 0.6) is 0 Å². The van der Waals surface area contributed by atoms with E-state index in [1.165, 1.54) is 77.0 Å². The monoisotopic (exact) mass is 332 g/mol. The first-order valence-electron chi connectivity index (χ1n) is 8.73. The lowest BCUT2D eigenvalue weighted by Crippen LogP contribution is -2.24. The predicted molar refractivity (Wildman–Crippen MR) is 93.2 cm³/mol. The van der Waals surface area contributed by atoms with Crippen molar-refractivity contribution in [2.75, 3.05) is 0 Å². The van der Waals surface area contributed by atoms with Crippen LogP contribution in [0.25, 0.3) is 0 Å². The van der Waals surface area contributed by atoms with Crippen molar-refractivity contribution in [1.82, 2.24) is 0 Å². The van der Waals surface area contributed by atoms with Gasteiger partial charge in [-0.15, -0.1) is 0 Å². The summed E-state index contributed by atoms with van der Waals surface area (Å²) in [5.74, 6) is 0.798. The van der Waals surface area contributed by atoms with Gasteiger partial charge in [-0.3, -0.25) is 0 Å². The van der Waals surface area contributed by atoms with Crippen LogP contribution in [0.15, 0.2) is 0 Å². The van der Waals surface area contributed by atoms with Crippen LogP contribution in [0.1, 0.15) is 105 Å². The van der Waals surface area contributed by atoms with Crippen molar-refractivity contribution in [3.63, 3.8) is 0 Å². The zero-order chi connectivity index (χ0) is 14.6. The van der Waals surface area contributed by atoms with Gasteiger partial charge in [0.1, 0.15) is 0 Å². The fourth-order valence-corrected chi connectivity index (χ4v) is 2.82. The number of hydrogen-bond donors (Lipinski definition) is 0. The smallest absolute Gasteiger partial charge is 0.0252 e. The molecule has 0 saturated heterocycles. The molecule has 0 rings (SSSR count). The zero-order valence-electron chi connectivity index (χ0n) is 13.9. The first-order chi connectivity index (χ1) is 9.04. The first kappa shape index (κ1) is 19.5. The van der Waals surface area contributed by atoms with Crippen LogP contribution < -0.4 is 0 Å². The second-order valence-electron chi connectivity index (χ2n) is 6.50. The lowest BCUT2D eigenvalue weighted by Gasteiger charge is -2.28. The third-order valence-corrected chi connectivity index (χ3v) is 6.05. The second-order valence-corrected chi connectivity index (χ2v) is 8.31. The number of unbranched alkanes of at least 4 members (excludes halogenated alkanes) is 9. The predicted octanol–water partition coefficient (Wildman–Crippen LogP) is 7.50. The van der Waals surface area contributed by atoms with Crippen LogP contribution in [0.3, 0.4) is 0 Å². The Labute approximate surface area is 131 Å². The summed E-state index contributed by atoms with van der Waals surface area (Å²) in [6, 6.07) is 0. The highest BCUT2D eigenvalue weighted by atomic mass is 79.9. The minimum atomic E-state index is 0.353. The highest BCUT2D eigenvalue weighted by Gasteiger charge is 2.24. The summed E-state index contributed by atoms with van der Waals surface area (Å²) >= 11 is 3.87. The van der Waals surface area contributed by atoms with Crippen molar-refractivity contribution >= 4 is 15.9 Å². The van der Waals surface area contributed by atoms with E-state index >= 15 is 0 Å². The summed E-state index contributed by atoms with van der Waals surface area (Å²) in [5, 5.41) is 0. The molecule has 2 unspecified atom stereocenters. The minimum absolute atomic E-state index is 0.353. The Morgan fingerprint density at radius 1 is 0.789 bits per heavy atom. The molecule has 0 aliphatic rings.